The number of nitrogens with one attached hydrogen (secondary N) is 2. The molecular formula is C24H33ClN3O9P. The fourth-order valence-electron chi connectivity index (χ4n) is 3.95. The van der Waals surface area contributed by atoms with Gasteiger partial charge in [-0.05, 0) is 38.3 Å². The highest BCUT2D eigenvalue weighted by atomic mass is 35.5. The van der Waals surface area contributed by atoms with Crippen LogP contribution >= 0.6 is 19.3 Å². The summed E-state index contributed by atoms with van der Waals surface area (Å²) < 4.78 is 37.3. The number of hydrogen-bond acceptors (Lipinski definition) is 9. The summed E-state index contributed by atoms with van der Waals surface area (Å²) in [5.41, 5.74) is -1.39. The van der Waals surface area contributed by atoms with Gasteiger partial charge in [0.25, 0.3) is 5.56 Å². The third-order valence-corrected chi connectivity index (χ3v) is 7.77. The largest absolute Gasteiger partial charge is 0.465 e. The van der Waals surface area contributed by atoms with Crippen molar-refractivity contribution in [3.63, 3.8) is 0 Å². The molecule has 1 aromatic heterocycles. The van der Waals surface area contributed by atoms with Gasteiger partial charge in [0.15, 0.2) is 6.23 Å². The SMILES string of the molecule is CCOC(=O)[C@@H](CC(C)C)N[P@](=O)(OC[C@H]1O[C@@H](n2ccc(=O)[nH]c2=O)[C@](C)(Cl)[C@@H]1O)Oc1ccccc1. The van der Waals surface area contributed by atoms with E-state index in [4.69, 9.17) is 30.1 Å². The monoisotopic (exact) mass is 573 g/mol. The van der Waals surface area contributed by atoms with Gasteiger partial charge in [-0.15, -0.1) is 11.6 Å². The first-order valence-electron chi connectivity index (χ1n) is 12.1. The molecule has 3 rings (SSSR count). The van der Waals surface area contributed by atoms with Gasteiger partial charge in [0.05, 0.1) is 13.2 Å². The number of halogens is 1. The number of para-hydroxylation sites is 1. The number of ether oxygens (including phenoxy) is 2. The minimum Gasteiger partial charge on any atom is -0.465 e. The average Bonchev–Trinajstić information content (AvgIpc) is 3.06. The molecule has 12 nitrogen and oxygen atoms in total. The van der Waals surface area contributed by atoms with E-state index in [1.807, 2.05) is 13.8 Å². The number of aliphatic hydroxyl groups excluding tert-OH is 1. The van der Waals surface area contributed by atoms with Crippen molar-refractivity contribution in [1.29, 1.82) is 0 Å². The average molecular weight is 574 g/mol. The topological polar surface area (TPSA) is 158 Å². The zero-order valence-corrected chi connectivity index (χ0v) is 23.2. The van der Waals surface area contributed by atoms with Crippen molar-refractivity contribution < 1.29 is 33.0 Å². The second-order valence-corrected chi connectivity index (χ2v) is 11.9. The van der Waals surface area contributed by atoms with Crippen LogP contribution in [0.1, 0.15) is 40.3 Å². The maximum Gasteiger partial charge on any atom is 0.459 e. The molecule has 6 atom stereocenters. The Morgan fingerprint density at radius 1 is 1.29 bits per heavy atom. The Balaban J connectivity index is 1.85. The van der Waals surface area contributed by atoms with Crippen LogP contribution in [0, 0.1) is 5.92 Å². The Kier molecular flexibility index (Phi) is 9.96. The van der Waals surface area contributed by atoms with E-state index >= 15 is 0 Å². The van der Waals surface area contributed by atoms with Crippen LogP contribution in [-0.4, -0.2) is 57.0 Å². The summed E-state index contributed by atoms with van der Waals surface area (Å²) in [4.78, 5) is 37.0. The molecule has 1 fully saturated rings. The zero-order valence-electron chi connectivity index (χ0n) is 21.5. The molecule has 1 saturated heterocycles. The van der Waals surface area contributed by atoms with Crippen molar-refractivity contribution in [1.82, 2.24) is 14.6 Å². The Bertz CT molecular complexity index is 1250. The van der Waals surface area contributed by atoms with Gasteiger partial charge in [-0.25, -0.2) is 9.36 Å². The molecule has 210 valence electrons. The van der Waals surface area contributed by atoms with E-state index in [0.29, 0.717) is 0 Å². The van der Waals surface area contributed by atoms with E-state index in [9.17, 15) is 24.1 Å². The number of alkyl halides is 1. The molecule has 1 aliphatic rings. The molecule has 0 saturated carbocycles. The maximum absolute atomic E-state index is 13.9. The lowest BCUT2D eigenvalue weighted by Crippen LogP contribution is -2.43. The normalized spacial score (nSPS) is 25.6. The van der Waals surface area contributed by atoms with Gasteiger partial charge in [0.1, 0.15) is 28.9 Å². The van der Waals surface area contributed by atoms with Gasteiger partial charge in [-0.2, -0.15) is 5.09 Å². The van der Waals surface area contributed by atoms with Gasteiger partial charge in [-0.3, -0.25) is 23.7 Å². The number of aromatic amines is 1. The van der Waals surface area contributed by atoms with Crippen LogP contribution in [0.2, 0.25) is 0 Å². The second-order valence-electron chi connectivity index (χ2n) is 9.40. The summed E-state index contributed by atoms with van der Waals surface area (Å²) in [7, 11) is -4.26. The van der Waals surface area contributed by atoms with Gasteiger partial charge in [0.2, 0.25) is 0 Å². The lowest BCUT2D eigenvalue weighted by atomic mass is 10.0. The highest BCUT2D eigenvalue weighted by Crippen LogP contribution is 2.48. The lowest BCUT2D eigenvalue weighted by molar-refractivity contribution is -0.145. The molecule has 0 radical (unpaired) electrons. The number of nitrogens with zero attached hydrogens (tertiary/aromatic N) is 1. The van der Waals surface area contributed by atoms with Crippen LogP contribution in [0.4, 0.5) is 0 Å². The Morgan fingerprint density at radius 2 is 1.97 bits per heavy atom. The van der Waals surface area contributed by atoms with E-state index in [1.54, 1.807) is 37.3 Å². The van der Waals surface area contributed by atoms with E-state index in [2.05, 4.69) is 10.1 Å². The molecule has 38 heavy (non-hydrogen) atoms. The first-order chi connectivity index (χ1) is 17.9. The molecule has 0 bridgehead atoms. The molecule has 2 aromatic rings. The molecule has 0 amide bonds. The number of hydrogen-bond donors (Lipinski definition) is 3. The van der Waals surface area contributed by atoms with Crippen LogP contribution in [0.15, 0.2) is 52.2 Å². The third-order valence-electron chi connectivity index (χ3n) is 5.79. The number of H-pyrrole nitrogens is 1. The number of rotatable bonds is 12. The molecule has 2 heterocycles. The standard InChI is InChI=1S/C24H33ClN3O9P/c1-5-34-21(31)17(13-15(2)3)27-38(33,37-16-9-7-6-8-10-16)35-14-18-20(30)24(4,25)22(36-18)28-12-11-19(29)26-23(28)32/h6-12,15,17-18,20,22,30H,5,13-14H2,1-4H3,(H,27,33)(H,26,29,32)/t17-,18-,20-,22-,24-,38+/m1/s1. The number of benzene rings is 1. The first-order valence-corrected chi connectivity index (χ1v) is 14.1. The van der Waals surface area contributed by atoms with E-state index in [0.717, 1.165) is 10.6 Å². The van der Waals surface area contributed by atoms with Crippen LogP contribution in [0.5, 0.6) is 5.75 Å². The third kappa shape index (κ3) is 7.34. The fourth-order valence-corrected chi connectivity index (χ4v) is 5.76. The van der Waals surface area contributed by atoms with Gasteiger partial charge in [0, 0.05) is 12.3 Å². The van der Waals surface area contributed by atoms with Crippen molar-refractivity contribution >= 4 is 25.3 Å². The second kappa shape index (κ2) is 12.6. The summed E-state index contributed by atoms with van der Waals surface area (Å²) in [5, 5.41) is 13.6. The van der Waals surface area contributed by atoms with Gasteiger partial charge < -0.3 is 19.1 Å². The van der Waals surface area contributed by atoms with Crippen molar-refractivity contribution in [2.75, 3.05) is 13.2 Å². The van der Waals surface area contributed by atoms with Gasteiger partial charge >= 0.3 is 19.4 Å². The molecule has 3 N–H and O–H groups in total. The summed E-state index contributed by atoms with van der Waals surface area (Å²) in [6, 6.07) is 8.32. The van der Waals surface area contributed by atoms with E-state index < -0.39 is 60.9 Å². The quantitative estimate of drug-likeness (QED) is 0.196. The predicted octanol–water partition coefficient (Wildman–Crippen LogP) is 2.56. The zero-order chi connectivity index (χ0) is 28.1. The first kappa shape index (κ1) is 30.1. The Morgan fingerprint density at radius 3 is 2.58 bits per heavy atom. The number of esters is 1. The Hall–Kier alpha value is -2.47. The number of carbonyl (C=O) groups is 1. The summed E-state index contributed by atoms with van der Waals surface area (Å²) in [6.45, 7) is 6.54. The fraction of sp³-hybridized carbons (Fsp3) is 0.542. The smallest absolute Gasteiger partial charge is 0.459 e. The Labute approximate surface area is 224 Å². The molecule has 0 unspecified atom stereocenters. The highest BCUT2D eigenvalue weighted by molar-refractivity contribution is 7.52. The van der Waals surface area contributed by atoms with Crippen molar-refractivity contribution in [3.05, 3.63) is 63.4 Å². The molecule has 0 aliphatic carbocycles. The number of aliphatic hydroxyl groups is 1. The van der Waals surface area contributed by atoms with Gasteiger partial charge in [-0.1, -0.05) is 32.0 Å². The predicted molar refractivity (Wildman–Crippen MR) is 139 cm³/mol. The maximum atomic E-state index is 13.9. The number of aromatic nitrogens is 2. The number of carbonyl (C=O) groups excluding carboxylic acids is 1. The van der Waals surface area contributed by atoms with Crippen molar-refractivity contribution in [3.8, 4) is 5.75 Å². The summed E-state index contributed by atoms with van der Waals surface area (Å²) in [6.07, 6.45) is -2.24. The van der Waals surface area contributed by atoms with Crippen LogP contribution in [0.25, 0.3) is 0 Å². The molecule has 1 aromatic carbocycles. The summed E-state index contributed by atoms with van der Waals surface area (Å²) in [5.74, 6) is -0.372. The molecular weight excluding hydrogens is 541 g/mol. The highest BCUT2D eigenvalue weighted by Gasteiger charge is 2.54. The van der Waals surface area contributed by atoms with Crippen molar-refractivity contribution in [2.45, 2.75) is 63.5 Å². The minimum absolute atomic E-state index is 0.0374. The molecule has 1 aliphatic heterocycles. The minimum atomic E-state index is -4.26. The summed E-state index contributed by atoms with van der Waals surface area (Å²) >= 11 is 6.56. The van der Waals surface area contributed by atoms with E-state index in [-0.39, 0.29) is 24.7 Å². The van der Waals surface area contributed by atoms with Crippen LogP contribution in [-0.2, 0) is 23.4 Å². The van der Waals surface area contributed by atoms with Crippen LogP contribution < -0.4 is 20.9 Å². The lowest BCUT2D eigenvalue weighted by Gasteiger charge is -2.27. The van der Waals surface area contributed by atoms with Crippen LogP contribution in [0.3, 0.4) is 0 Å². The molecule has 14 heteroatoms. The van der Waals surface area contributed by atoms with Crippen molar-refractivity contribution in [2.24, 2.45) is 5.92 Å². The molecule has 0 spiro atoms. The van der Waals surface area contributed by atoms with E-state index in [1.165, 1.54) is 13.1 Å².